The normalized spacial score (nSPS) is 17.7. The van der Waals surface area contributed by atoms with E-state index in [1.165, 1.54) is 0 Å². The molecular formula is C24H30N8O3. The fourth-order valence-electron chi connectivity index (χ4n) is 4.35. The molecule has 0 bridgehead atoms. The predicted molar refractivity (Wildman–Crippen MR) is 133 cm³/mol. The van der Waals surface area contributed by atoms with Crippen molar-refractivity contribution in [3.63, 3.8) is 0 Å². The highest BCUT2D eigenvalue weighted by Crippen LogP contribution is 2.23. The van der Waals surface area contributed by atoms with E-state index in [2.05, 4.69) is 44.4 Å². The van der Waals surface area contributed by atoms with E-state index in [-0.39, 0.29) is 18.0 Å². The molecule has 4 rings (SSSR count). The molecule has 0 spiro atoms. The predicted octanol–water partition coefficient (Wildman–Crippen LogP) is 3.42. The first-order valence-corrected chi connectivity index (χ1v) is 11.6. The van der Waals surface area contributed by atoms with Crippen LogP contribution < -0.4 is 15.5 Å². The quantitative estimate of drug-likeness (QED) is 0.553. The molecule has 1 aliphatic heterocycles. The van der Waals surface area contributed by atoms with Gasteiger partial charge in [0.1, 0.15) is 12.1 Å². The zero-order valence-electron chi connectivity index (χ0n) is 20.3. The number of hydrogen-bond acceptors (Lipinski definition) is 8. The van der Waals surface area contributed by atoms with Crippen LogP contribution in [-0.2, 0) is 9.53 Å². The maximum Gasteiger partial charge on any atom is 0.411 e. The zero-order chi connectivity index (χ0) is 24.9. The van der Waals surface area contributed by atoms with E-state index in [0.29, 0.717) is 31.3 Å². The van der Waals surface area contributed by atoms with Crippen molar-refractivity contribution in [3.8, 4) is 5.69 Å². The van der Waals surface area contributed by atoms with E-state index in [9.17, 15) is 9.59 Å². The maximum atomic E-state index is 12.0. The molecule has 3 aromatic rings. The highest BCUT2D eigenvalue weighted by molar-refractivity contribution is 5.84. The molecule has 0 aliphatic carbocycles. The second-order valence-corrected chi connectivity index (χ2v) is 8.46. The average Bonchev–Trinajstić information content (AvgIpc) is 3.28. The van der Waals surface area contributed by atoms with Crippen molar-refractivity contribution in [3.05, 3.63) is 48.9 Å². The van der Waals surface area contributed by atoms with E-state index in [0.717, 1.165) is 17.2 Å². The fourth-order valence-corrected chi connectivity index (χ4v) is 4.35. The standard InChI is InChI=1S/C24H30N8O3/c1-5-35-24(34)28-20-8-6-19(7-9-20)27-23-26-15-31(29-23)21-10-11-25-22(12-21)30-13-16(2)32(18(4)33)17(3)14-30/h6-12,15-17H,5,13-14H2,1-4H3,(H,27,29)(H,28,34)/t16-,17+. The third-order valence-corrected chi connectivity index (χ3v) is 5.75. The lowest BCUT2D eigenvalue weighted by Crippen LogP contribution is -2.58. The molecule has 0 saturated carbocycles. The minimum Gasteiger partial charge on any atom is -0.450 e. The van der Waals surface area contributed by atoms with Gasteiger partial charge in [-0.25, -0.2) is 14.5 Å². The lowest BCUT2D eigenvalue weighted by atomic mass is 10.1. The Bertz CT molecular complexity index is 1170. The number of anilines is 4. The Morgan fingerprint density at radius 1 is 1.06 bits per heavy atom. The van der Waals surface area contributed by atoms with Gasteiger partial charge in [-0.2, -0.15) is 4.98 Å². The van der Waals surface area contributed by atoms with Crippen molar-refractivity contribution in [1.29, 1.82) is 0 Å². The summed E-state index contributed by atoms with van der Waals surface area (Å²) < 4.78 is 6.56. The number of carbonyl (C=O) groups is 2. The van der Waals surface area contributed by atoms with Gasteiger partial charge in [0.25, 0.3) is 0 Å². The molecule has 3 heterocycles. The van der Waals surface area contributed by atoms with Gasteiger partial charge in [-0.3, -0.25) is 10.1 Å². The minimum absolute atomic E-state index is 0.0962. The summed E-state index contributed by atoms with van der Waals surface area (Å²) in [7, 11) is 0. The number of ether oxygens (including phenoxy) is 1. The number of hydrogen-bond donors (Lipinski definition) is 2. The smallest absolute Gasteiger partial charge is 0.411 e. The molecule has 11 heteroatoms. The van der Waals surface area contributed by atoms with E-state index in [1.54, 1.807) is 43.2 Å². The molecule has 184 valence electrons. The summed E-state index contributed by atoms with van der Waals surface area (Å²) in [5.41, 5.74) is 2.24. The molecule has 0 radical (unpaired) electrons. The molecule has 35 heavy (non-hydrogen) atoms. The maximum absolute atomic E-state index is 12.0. The highest BCUT2D eigenvalue weighted by Gasteiger charge is 2.31. The van der Waals surface area contributed by atoms with Crippen molar-refractivity contribution in [2.24, 2.45) is 0 Å². The molecule has 1 aromatic carbocycles. The molecule has 2 amide bonds. The number of nitrogens with zero attached hydrogens (tertiary/aromatic N) is 6. The van der Waals surface area contributed by atoms with E-state index < -0.39 is 6.09 Å². The minimum atomic E-state index is -0.491. The van der Waals surface area contributed by atoms with Gasteiger partial charge in [-0.1, -0.05) is 0 Å². The molecule has 1 fully saturated rings. The summed E-state index contributed by atoms with van der Waals surface area (Å²) in [5.74, 6) is 1.37. The number of piperazine rings is 1. The second-order valence-electron chi connectivity index (χ2n) is 8.46. The van der Waals surface area contributed by atoms with Crippen molar-refractivity contribution >= 4 is 35.1 Å². The third-order valence-electron chi connectivity index (χ3n) is 5.75. The fraction of sp³-hybridized carbons (Fsp3) is 0.375. The average molecular weight is 479 g/mol. The number of carbonyl (C=O) groups excluding carboxylic acids is 2. The Labute approximate surface area is 204 Å². The highest BCUT2D eigenvalue weighted by atomic mass is 16.5. The summed E-state index contributed by atoms with van der Waals surface area (Å²) in [6.45, 7) is 9.23. The van der Waals surface area contributed by atoms with Gasteiger partial charge in [-0.15, -0.1) is 5.10 Å². The van der Waals surface area contributed by atoms with Gasteiger partial charge in [-0.05, 0) is 51.1 Å². The summed E-state index contributed by atoms with van der Waals surface area (Å²) in [4.78, 5) is 36.5. The first-order chi connectivity index (χ1) is 16.8. The van der Waals surface area contributed by atoms with E-state index >= 15 is 0 Å². The van der Waals surface area contributed by atoms with Crippen molar-refractivity contribution in [2.75, 3.05) is 35.2 Å². The number of pyridine rings is 1. The van der Waals surface area contributed by atoms with Crippen LogP contribution >= 0.6 is 0 Å². The Morgan fingerprint density at radius 3 is 2.40 bits per heavy atom. The van der Waals surface area contributed by atoms with Gasteiger partial charge in [0.15, 0.2) is 0 Å². The molecule has 2 aromatic heterocycles. The Kier molecular flexibility index (Phi) is 7.14. The van der Waals surface area contributed by atoms with Crippen LogP contribution in [0.25, 0.3) is 5.69 Å². The number of nitrogens with one attached hydrogen (secondary N) is 2. The van der Waals surface area contributed by atoms with Crippen LogP contribution in [0.1, 0.15) is 27.7 Å². The van der Waals surface area contributed by atoms with Gasteiger partial charge < -0.3 is 19.9 Å². The van der Waals surface area contributed by atoms with Gasteiger partial charge in [0.2, 0.25) is 11.9 Å². The van der Waals surface area contributed by atoms with Crippen LogP contribution in [0.15, 0.2) is 48.9 Å². The largest absolute Gasteiger partial charge is 0.450 e. The van der Waals surface area contributed by atoms with Gasteiger partial charge in [0, 0.05) is 55.7 Å². The molecular weight excluding hydrogens is 448 g/mol. The van der Waals surface area contributed by atoms with Crippen LogP contribution in [0, 0.1) is 0 Å². The summed E-state index contributed by atoms with van der Waals surface area (Å²) >= 11 is 0. The van der Waals surface area contributed by atoms with Crippen LogP contribution in [0.5, 0.6) is 0 Å². The summed E-state index contributed by atoms with van der Waals surface area (Å²) in [6, 6.07) is 11.2. The molecule has 0 unspecified atom stereocenters. The second kappa shape index (κ2) is 10.4. The molecule has 2 atom stereocenters. The molecule has 11 nitrogen and oxygen atoms in total. The lowest BCUT2D eigenvalue weighted by molar-refractivity contribution is -0.133. The van der Waals surface area contributed by atoms with Gasteiger partial charge in [0.05, 0.1) is 12.3 Å². The molecule has 1 saturated heterocycles. The van der Waals surface area contributed by atoms with E-state index in [1.807, 2.05) is 29.2 Å². The van der Waals surface area contributed by atoms with Crippen LogP contribution in [0.3, 0.4) is 0 Å². The van der Waals surface area contributed by atoms with Crippen molar-refractivity contribution in [2.45, 2.75) is 39.8 Å². The van der Waals surface area contributed by atoms with Crippen LogP contribution in [0.2, 0.25) is 0 Å². The summed E-state index contributed by atoms with van der Waals surface area (Å²) in [6.07, 6.45) is 2.90. The van der Waals surface area contributed by atoms with Gasteiger partial charge >= 0.3 is 6.09 Å². The van der Waals surface area contributed by atoms with E-state index in [4.69, 9.17) is 4.74 Å². The Hall–Kier alpha value is -4.15. The first-order valence-electron chi connectivity index (χ1n) is 11.6. The zero-order valence-corrected chi connectivity index (χ0v) is 20.3. The third kappa shape index (κ3) is 5.68. The van der Waals surface area contributed by atoms with Crippen LogP contribution in [0.4, 0.5) is 27.9 Å². The van der Waals surface area contributed by atoms with Crippen LogP contribution in [-0.4, -0.2) is 68.4 Å². The molecule has 1 aliphatic rings. The number of rotatable bonds is 6. The topological polar surface area (TPSA) is 118 Å². The summed E-state index contributed by atoms with van der Waals surface area (Å²) in [5, 5.41) is 10.3. The number of aromatic nitrogens is 4. The Balaban J connectivity index is 1.42. The lowest BCUT2D eigenvalue weighted by Gasteiger charge is -2.44. The molecule has 2 N–H and O–H groups in total. The number of benzene rings is 1. The van der Waals surface area contributed by atoms with Crippen molar-refractivity contribution < 1.29 is 14.3 Å². The van der Waals surface area contributed by atoms with Crippen molar-refractivity contribution in [1.82, 2.24) is 24.6 Å². The monoisotopic (exact) mass is 478 g/mol. The number of amides is 2. The SMILES string of the molecule is CCOC(=O)Nc1ccc(Nc2ncn(-c3ccnc(N4C[C@@H](C)N(C(C)=O)[C@@H](C)C4)c3)n2)cc1. The Morgan fingerprint density at radius 2 is 1.74 bits per heavy atom. The first kappa shape index (κ1) is 24.0.